The van der Waals surface area contributed by atoms with Crippen LogP contribution in [-0.2, 0) is 18.9 Å². The van der Waals surface area contributed by atoms with Crippen molar-refractivity contribution in [1.29, 1.82) is 0 Å². The molecule has 1 saturated carbocycles. The number of ether oxygens (including phenoxy) is 4. The maximum Gasteiger partial charge on any atom is 0.187 e. The Bertz CT molecular complexity index is 582. The van der Waals surface area contributed by atoms with Crippen molar-refractivity contribution in [3.8, 4) is 0 Å². The molecule has 9 unspecified atom stereocenters. The number of aliphatic hydroxyl groups is 8. The van der Waals surface area contributed by atoms with Crippen molar-refractivity contribution in [2.45, 2.75) is 98.2 Å². The summed E-state index contributed by atoms with van der Waals surface area (Å²) < 4.78 is 22.0. The van der Waals surface area contributed by atoms with Crippen LogP contribution in [0.3, 0.4) is 0 Å². The van der Waals surface area contributed by atoms with Crippen LogP contribution in [0.15, 0.2) is 0 Å². The highest BCUT2D eigenvalue weighted by molar-refractivity contribution is 5.01. The first-order valence-corrected chi connectivity index (χ1v) is 10.7. The minimum atomic E-state index is -1.72. The van der Waals surface area contributed by atoms with Gasteiger partial charge in [0, 0.05) is 12.1 Å². The van der Waals surface area contributed by atoms with Crippen LogP contribution in [-0.4, -0.2) is 146 Å². The molecule has 15 atom stereocenters. The second kappa shape index (κ2) is 11.0. The third kappa shape index (κ3) is 5.32. The van der Waals surface area contributed by atoms with E-state index in [4.69, 9.17) is 36.1 Å². The summed E-state index contributed by atoms with van der Waals surface area (Å²) in [5, 5.41) is 80.0. The lowest BCUT2D eigenvalue weighted by molar-refractivity contribution is -0.335. The van der Waals surface area contributed by atoms with E-state index in [0.29, 0.717) is 0 Å². The summed E-state index contributed by atoms with van der Waals surface area (Å²) in [7, 11) is 0. The van der Waals surface area contributed by atoms with E-state index in [2.05, 4.69) is 0 Å². The third-order valence-electron chi connectivity index (χ3n) is 6.43. The lowest BCUT2D eigenvalue weighted by Gasteiger charge is -2.48. The van der Waals surface area contributed by atoms with E-state index in [0.717, 1.165) is 0 Å². The number of nitrogens with two attached hydrogens (primary N) is 3. The van der Waals surface area contributed by atoms with Crippen molar-refractivity contribution in [1.82, 2.24) is 0 Å². The Kier molecular flexibility index (Phi) is 8.99. The molecule has 0 spiro atoms. The summed E-state index contributed by atoms with van der Waals surface area (Å²) in [6, 6.07) is -2.92. The average Bonchev–Trinajstić information content (AvgIpc) is 2.79. The number of hydrogen-bond donors (Lipinski definition) is 11. The molecule has 33 heavy (non-hydrogen) atoms. The van der Waals surface area contributed by atoms with Gasteiger partial charge in [-0.1, -0.05) is 0 Å². The zero-order chi connectivity index (χ0) is 24.6. The van der Waals surface area contributed by atoms with Gasteiger partial charge in [0.05, 0.1) is 19.3 Å². The van der Waals surface area contributed by atoms with Crippen LogP contribution in [0.5, 0.6) is 0 Å². The first-order valence-electron chi connectivity index (χ1n) is 10.7. The van der Waals surface area contributed by atoms with E-state index >= 15 is 0 Å². The molecule has 3 aliphatic rings. The molecule has 0 radical (unpaired) electrons. The predicted octanol–water partition coefficient (Wildman–Crippen LogP) is -7.26. The summed E-state index contributed by atoms with van der Waals surface area (Å²) in [6.45, 7) is -1.27. The van der Waals surface area contributed by atoms with Gasteiger partial charge in [-0.3, -0.25) is 0 Å². The van der Waals surface area contributed by atoms with Gasteiger partial charge in [-0.2, -0.15) is 0 Å². The average molecular weight is 485 g/mol. The van der Waals surface area contributed by atoms with Crippen LogP contribution < -0.4 is 17.2 Å². The molecule has 0 amide bonds. The maximum atomic E-state index is 10.9. The summed E-state index contributed by atoms with van der Waals surface area (Å²) in [5.41, 5.74) is 17.9. The van der Waals surface area contributed by atoms with Crippen molar-refractivity contribution in [2.75, 3.05) is 13.2 Å². The molecule has 0 bridgehead atoms. The predicted molar refractivity (Wildman–Crippen MR) is 106 cm³/mol. The Hall–Kier alpha value is -0.600. The SMILES string of the molecule is NC1C(O)[C@@H](OC2C(O)[C@H](O[C@@H]3OC(CO)[C@@H](O)C(O)C3O)C(N)C[C@H]2N)OC(CO)[C@H]1O. The molecule has 3 fully saturated rings. The summed E-state index contributed by atoms with van der Waals surface area (Å²) in [4.78, 5) is 0. The Morgan fingerprint density at radius 1 is 0.606 bits per heavy atom. The van der Waals surface area contributed by atoms with Gasteiger partial charge >= 0.3 is 0 Å². The maximum absolute atomic E-state index is 10.9. The van der Waals surface area contributed by atoms with Crippen LogP contribution in [0.4, 0.5) is 0 Å². The van der Waals surface area contributed by atoms with Gasteiger partial charge in [0.15, 0.2) is 12.6 Å². The van der Waals surface area contributed by atoms with Gasteiger partial charge in [-0.15, -0.1) is 0 Å². The van der Waals surface area contributed by atoms with Gasteiger partial charge in [0.2, 0.25) is 0 Å². The van der Waals surface area contributed by atoms with E-state index in [-0.39, 0.29) is 6.42 Å². The summed E-state index contributed by atoms with van der Waals surface area (Å²) in [5.74, 6) is 0. The van der Waals surface area contributed by atoms with Crippen LogP contribution >= 0.6 is 0 Å². The van der Waals surface area contributed by atoms with Crippen molar-refractivity contribution >= 4 is 0 Å². The fraction of sp³-hybridized carbons (Fsp3) is 1.00. The highest BCUT2D eigenvalue weighted by Gasteiger charge is 2.51. The molecule has 194 valence electrons. The molecule has 15 nitrogen and oxygen atoms in total. The van der Waals surface area contributed by atoms with Crippen molar-refractivity contribution in [3.63, 3.8) is 0 Å². The van der Waals surface area contributed by atoms with Crippen LogP contribution in [0.25, 0.3) is 0 Å². The Balaban J connectivity index is 1.72. The van der Waals surface area contributed by atoms with Crippen LogP contribution in [0.1, 0.15) is 6.42 Å². The van der Waals surface area contributed by atoms with E-state index in [9.17, 15) is 40.9 Å². The molecule has 3 rings (SSSR count). The largest absolute Gasteiger partial charge is 0.394 e. The molecular formula is C18H35N3O12. The Morgan fingerprint density at radius 2 is 1.06 bits per heavy atom. The lowest BCUT2D eigenvalue weighted by Crippen LogP contribution is -2.68. The first kappa shape index (κ1) is 27.0. The molecule has 2 aliphatic heterocycles. The topological polar surface area (TPSA) is 277 Å². The molecule has 0 aromatic carbocycles. The van der Waals surface area contributed by atoms with Crippen LogP contribution in [0, 0.1) is 0 Å². The van der Waals surface area contributed by atoms with Gasteiger partial charge in [-0.25, -0.2) is 0 Å². The second-order valence-corrected chi connectivity index (χ2v) is 8.74. The van der Waals surface area contributed by atoms with Crippen molar-refractivity contribution < 1.29 is 59.8 Å². The van der Waals surface area contributed by atoms with Crippen LogP contribution in [0.2, 0.25) is 0 Å². The van der Waals surface area contributed by atoms with E-state index in [1.54, 1.807) is 0 Å². The minimum absolute atomic E-state index is 0.0603. The molecule has 15 heteroatoms. The second-order valence-electron chi connectivity index (χ2n) is 8.74. The fourth-order valence-electron chi connectivity index (χ4n) is 4.36. The molecule has 1 aliphatic carbocycles. The Labute approximate surface area is 189 Å². The quantitative estimate of drug-likeness (QED) is 0.167. The van der Waals surface area contributed by atoms with Gasteiger partial charge in [0.25, 0.3) is 0 Å². The number of hydrogen-bond acceptors (Lipinski definition) is 15. The normalized spacial score (nSPS) is 53.7. The van der Waals surface area contributed by atoms with Crippen molar-refractivity contribution in [2.24, 2.45) is 17.2 Å². The zero-order valence-corrected chi connectivity index (χ0v) is 17.7. The molecule has 0 aromatic heterocycles. The zero-order valence-electron chi connectivity index (χ0n) is 17.7. The standard InChI is InChI=1S/C18H35N3O12/c19-4-1-5(20)16(33-18-13(28)12(27)10(25)7(3-23)31-18)14(29)15(4)32-17-11(26)8(21)9(24)6(2-22)30-17/h4-18,22-29H,1-3,19-21H2/t4-,5?,6?,7?,8?,9-,10-,11?,12?,13?,14?,15?,16-,17-,18+/m1/s1. The van der Waals surface area contributed by atoms with E-state index in [1.807, 2.05) is 0 Å². The monoisotopic (exact) mass is 485 g/mol. The van der Waals surface area contributed by atoms with E-state index in [1.165, 1.54) is 0 Å². The van der Waals surface area contributed by atoms with Gasteiger partial charge in [0.1, 0.15) is 61.0 Å². The first-order chi connectivity index (χ1) is 15.5. The number of rotatable bonds is 6. The van der Waals surface area contributed by atoms with Gasteiger partial charge < -0.3 is 77.0 Å². The molecule has 14 N–H and O–H groups in total. The molecular weight excluding hydrogens is 450 g/mol. The summed E-state index contributed by atoms with van der Waals surface area (Å²) >= 11 is 0. The molecule has 2 heterocycles. The van der Waals surface area contributed by atoms with Crippen molar-refractivity contribution in [3.05, 3.63) is 0 Å². The van der Waals surface area contributed by atoms with E-state index < -0.39 is 105 Å². The third-order valence-corrected chi connectivity index (χ3v) is 6.43. The highest BCUT2D eigenvalue weighted by Crippen LogP contribution is 2.31. The number of aliphatic hydroxyl groups excluding tert-OH is 8. The molecule has 2 saturated heterocycles. The fourth-order valence-corrected chi connectivity index (χ4v) is 4.36. The Morgan fingerprint density at radius 3 is 1.55 bits per heavy atom. The molecule has 0 aromatic rings. The smallest absolute Gasteiger partial charge is 0.187 e. The lowest BCUT2D eigenvalue weighted by atomic mass is 9.84. The van der Waals surface area contributed by atoms with Gasteiger partial charge in [-0.05, 0) is 6.42 Å². The minimum Gasteiger partial charge on any atom is -0.394 e. The summed E-state index contributed by atoms with van der Waals surface area (Å²) in [6.07, 6.45) is -17.2. The highest BCUT2D eigenvalue weighted by atomic mass is 16.7.